The van der Waals surface area contributed by atoms with E-state index in [2.05, 4.69) is 13.2 Å². The lowest BCUT2D eigenvalue weighted by Gasteiger charge is -1.93. The highest BCUT2D eigenvalue weighted by atomic mass is 14.9. The quantitative estimate of drug-likeness (QED) is 0.608. The Kier molecular flexibility index (Phi) is 4.91. The molecule has 1 nitrogen and oxygen atoms in total. The SMILES string of the molecule is C=Cc1cccn1C=C.CC. The molecule has 0 spiro atoms. The summed E-state index contributed by atoms with van der Waals surface area (Å²) in [5.41, 5.74) is 1.07. The third-order valence-corrected chi connectivity index (χ3v) is 1.22. The summed E-state index contributed by atoms with van der Waals surface area (Å²) in [6.45, 7) is 11.3. The van der Waals surface area contributed by atoms with Gasteiger partial charge in [-0.3, -0.25) is 0 Å². The summed E-state index contributed by atoms with van der Waals surface area (Å²) in [5, 5.41) is 0. The Morgan fingerprint density at radius 2 is 2.00 bits per heavy atom. The standard InChI is InChI=1S/C8H9N.C2H6/c1-3-8-6-5-7-9(8)4-2;1-2/h3-7H,1-2H2;1-2H3. The van der Waals surface area contributed by atoms with Crippen LogP contribution in [0.1, 0.15) is 19.5 Å². The first-order valence-electron chi connectivity index (χ1n) is 3.80. The normalized spacial score (nSPS) is 7.82. The summed E-state index contributed by atoms with van der Waals surface area (Å²) in [6, 6.07) is 3.94. The Labute approximate surface area is 68.7 Å². The minimum absolute atomic E-state index is 1.07. The second kappa shape index (κ2) is 5.54. The lowest BCUT2D eigenvalue weighted by Crippen LogP contribution is -1.82. The Morgan fingerprint density at radius 1 is 1.36 bits per heavy atom. The zero-order valence-electron chi connectivity index (χ0n) is 7.25. The molecule has 0 aliphatic heterocycles. The Bertz CT molecular complexity index is 198. The van der Waals surface area contributed by atoms with Gasteiger partial charge in [-0.05, 0) is 18.2 Å². The molecular formula is C10H15N. The summed E-state index contributed by atoms with van der Waals surface area (Å²) in [7, 11) is 0. The predicted octanol–water partition coefficient (Wildman–Crippen LogP) is 3.26. The molecular weight excluding hydrogens is 134 g/mol. The van der Waals surface area contributed by atoms with Gasteiger partial charge < -0.3 is 4.57 Å². The first-order valence-corrected chi connectivity index (χ1v) is 3.80. The summed E-state index contributed by atoms with van der Waals surface area (Å²) in [6.07, 6.45) is 5.47. The predicted molar refractivity (Wildman–Crippen MR) is 52.3 cm³/mol. The van der Waals surface area contributed by atoms with Gasteiger partial charge in [-0.25, -0.2) is 0 Å². The van der Waals surface area contributed by atoms with Crippen LogP contribution in [0.5, 0.6) is 0 Å². The molecule has 0 aromatic carbocycles. The highest BCUT2D eigenvalue weighted by Crippen LogP contribution is 2.02. The van der Waals surface area contributed by atoms with Crippen molar-refractivity contribution in [1.29, 1.82) is 0 Å². The average Bonchev–Trinajstić information content (AvgIpc) is 2.54. The van der Waals surface area contributed by atoms with Crippen LogP contribution in [0.15, 0.2) is 31.5 Å². The van der Waals surface area contributed by atoms with Crippen molar-refractivity contribution in [2.75, 3.05) is 0 Å². The van der Waals surface area contributed by atoms with Gasteiger partial charge in [-0.15, -0.1) is 0 Å². The van der Waals surface area contributed by atoms with Crippen LogP contribution in [0.25, 0.3) is 12.3 Å². The van der Waals surface area contributed by atoms with E-state index < -0.39 is 0 Å². The smallest absolute Gasteiger partial charge is 0.0443 e. The van der Waals surface area contributed by atoms with Gasteiger partial charge in [-0.1, -0.05) is 27.0 Å². The molecule has 0 fully saturated rings. The van der Waals surface area contributed by atoms with Gasteiger partial charge in [0, 0.05) is 18.1 Å². The number of aromatic nitrogens is 1. The molecule has 0 bridgehead atoms. The zero-order chi connectivity index (χ0) is 8.69. The van der Waals surface area contributed by atoms with Gasteiger partial charge in [-0.2, -0.15) is 0 Å². The van der Waals surface area contributed by atoms with Crippen LogP contribution in [0.2, 0.25) is 0 Å². The minimum Gasteiger partial charge on any atom is -0.324 e. The maximum absolute atomic E-state index is 3.64. The molecule has 1 aromatic rings. The topological polar surface area (TPSA) is 4.93 Å². The molecule has 60 valence electrons. The van der Waals surface area contributed by atoms with Crippen LogP contribution in [0.3, 0.4) is 0 Å². The van der Waals surface area contributed by atoms with E-state index in [9.17, 15) is 0 Å². The van der Waals surface area contributed by atoms with Gasteiger partial charge in [0.2, 0.25) is 0 Å². The molecule has 1 heteroatoms. The monoisotopic (exact) mass is 149 g/mol. The molecule has 1 heterocycles. The fourth-order valence-corrected chi connectivity index (χ4v) is 0.746. The number of hydrogen-bond acceptors (Lipinski definition) is 0. The van der Waals surface area contributed by atoms with Crippen molar-refractivity contribution in [2.24, 2.45) is 0 Å². The van der Waals surface area contributed by atoms with Crippen molar-refractivity contribution in [2.45, 2.75) is 13.8 Å². The van der Waals surface area contributed by atoms with E-state index in [0.717, 1.165) is 5.69 Å². The molecule has 0 amide bonds. The van der Waals surface area contributed by atoms with Gasteiger partial charge >= 0.3 is 0 Å². The summed E-state index contributed by atoms with van der Waals surface area (Å²) >= 11 is 0. The van der Waals surface area contributed by atoms with Crippen LogP contribution >= 0.6 is 0 Å². The summed E-state index contributed by atoms with van der Waals surface area (Å²) in [4.78, 5) is 0. The Morgan fingerprint density at radius 3 is 2.36 bits per heavy atom. The third-order valence-electron chi connectivity index (χ3n) is 1.22. The molecule has 11 heavy (non-hydrogen) atoms. The van der Waals surface area contributed by atoms with E-state index in [1.54, 1.807) is 12.3 Å². The van der Waals surface area contributed by atoms with E-state index in [4.69, 9.17) is 0 Å². The maximum Gasteiger partial charge on any atom is 0.0443 e. The largest absolute Gasteiger partial charge is 0.324 e. The maximum atomic E-state index is 3.64. The van der Waals surface area contributed by atoms with Crippen molar-refractivity contribution < 1.29 is 0 Å². The molecule has 0 N–H and O–H groups in total. The first-order chi connectivity index (χ1) is 5.38. The van der Waals surface area contributed by atoms with Crippen LogP contribution in [-0.2, 0) is 0 Å². The van der Waals surface area contributed by atoms with Gasteiger partial charge in [0.1, 0.15) is 0 Å². The molecule has 1 aromatic heterocycles. The second-order valence-corrected chi connectivity index (χ2v) is 1.73. The highest BCUT2D eigenvalue weighted by molar-refractivity contribution is 5.46. The van der Waals surface area contributed by atoms with Crippen molar-refractivity contribution in [1.82, 2.24) is 4.57 Å². The summed E-state index contributed by atoms with van der Waals surface area (Å²) in [5.74, 6) is 0. The van der Waals surface area contributed by atoms with E-state index >= 15 is 0 Å². The van der Waals surface area contributed by atoms with Gasteiger partial charge in [0.25, 0.3) is 0 Å². The van der Waals surface area contributed by atoms with Crippen molar-refractivity contribution in [3.05, 3.63) is 37.2 Å². The van der Waals surface area contributed by atoms with Crippen molar-refractivity contribution in [3.8, 4) is 0 Å². The Hall–Kier alpha value is -1.24. The average molecular weight is 149 g/mol. The molecule has 1 rings (SSSR count). The number of rotatable bonds is 2. The molecule has 0 saturated carbocycles. The van der Waals surface area contributed by atoms with Crippen LogP contribution in [0, 0.1) is 0 Å². The molecule has 0 saturated heterocycles. The molecule has 0 aliphatic carbocycles. The number of hydrogen-bond donors (Lipinski definition) is 0. The molecule has 0 unspecified atom stereocenters. The van der Waals surface area contributed by atoms with Gasteiger partial charge in [0.15, 0.2) is 0 Å². The lowest BCUT2D eigenvalue weighted by molar-refractivity contribution is 1.15. The van der Waals surface area contributed by atoms with Gasteiger partial charge in [0.05, 0.1) is 0 Å². The van der Waals surface area contributed by atoms with Crippen LogP contribution in [-0.4, -0.2) is 4.57 Å². The van der Waals surface area contributed by atoms with Crippen LogP contribution in [0.4, 0.5) is 0 Å². The molecule has 0 atom stereocenters. The second-order valence-electron chi connectivity index (χ2n) is 1.73. The third kappa shape index (κ3) is 2.46. The van der Waals surface area contributed by atoms with Crippen molar-refractivity contribution in [3.63, 3.8) is 0 Å². The van der Waals surface area contributed by atoms with Crippen molar-refractivity contribution >= 4 is 12.3 Å². The number of nitrogens with zero attached hydrogens (tertiary/aromatic N) is 1. The first kappa shape index (κ1) is 9.76. The fraction of sp³-hybridized carbons (Fsp3) is 0.200. The summed E-state index contributed by atoms with van der Waals surface area (Å²) < 4.78 is 1.91. The van der Waals surface area contributed by atoms with E-state index in [1.807, 2.05) is 36.7 Å². The van der Waals surface area contributed by atoms with E-state index in [0.29, 0.717) is 0 Å². The molecule has 0 aliphatic rings. The lowest BCUT2D eigenvalue weighted by atomic mass is 10.4. The van der Waals surface area contributed by atoms with E-state index in [-0.39, 0.29) is 0 Å². The fourth-order valence-electron chi connectivity index (χ4n) is 0.746. The minimum atomic E-state index is 1.07. The molecule has 0 radical (unpaired) electrons. The Balaban J connectivity index is 0.000000461. The zero-order valence-corrected chi connectivity index (χ0v) is 7.25. The highest BCUT2D eigenvalue weighted by Gasteiger charge is 1.87. The van der Waals surface area contributed by atoms with E-state index in [1.165, 1.54) is 0 Å². The van der Waals surface area contributed by atoms with Crippen LogP contribution < -0.4 is 0 Å².